The topological polar surface area (TPSA) is 140 Å². The van der Waals surface area contributed by atoms with E-state index in [-0.39, 0.29) is 19.4 Å². The van der Waals surface area contributed by atoms with E-state index in [1.165, 1.54) is 7.11 Å². The Morgan fingerprint density at radius 1 is 0.938 bits per heavy atom. The molecule has 10 nitrogen and oxygen atoms in total. The maximum Gasteiger partial charge on any atom is 0.408 e. The van der Waals surface area contributed by atoms with Gasteiger partial charge >= 0.3 is 24.1 Å². The summed E-state index contributed by atoms with van der Waals surface area (Å²) < 4.78 is 14.9. The Morgan fingerprint density at radius 2 is 1.50 bits per heavy atom. The fraction of sp³-hybridized carbons (Fsp3) is 0.545. The summed E-state index contributed by atoms with van der Waals surface area (Å²) in [5.74, 6) is -1.83. The lowest BCUT2D eigenvalue weighted by Crippen LogP contribution is -2.44. The minimum atomic E-state index is -1.20. The van der Waals surface area contributed by atoms with Crippen LogP contribution in [0.15, 0.2) is 30.3 Å². The number of carboxylic acid groups (broad SMARTS) is 1. The monoisotopic (exact) mass is 452 g/mol. The predicted octanol–water partition coefficient (Wildman–Crippen LogP) is 2.99. The van der Waals surface area contributed by atoms with E-state index in [9.17, 15) is 24.3 Å². The highest BCUT2D eigenvalue weighted by atomic mass is 16.6. The number of hydrogen-bond acceptors (Lipinski definition) is 7. The number of nitrogens with one attached hydrogen (secondary N) is 2. The number of ether oxygens (including phenoxy) is 3. The molecule has 0 radical (unpaired) electrons. The molecular formula is C22H32N2O8. The summed E-state index contributed by atoms with van der Waals surface area (Å²) in [6.07, 6.45) is -0.466. The molecule has 0 aliphatic rings. The minimum absolute atomic E-state index is 0.0240. The van der Waals surface area contributed by atoms with Crippen molar-refractivity contribution in [3.63, 3.8) is 0 Å². The van der Waals surface area contributed by atoms with Gasteiger partial charge in [-0.3, -0.25) is 0 Å². The number of amides is 2. The lowest BCUT2D eigenvalue weighted by atomic mass is 10.0. The Labute approximate surface area is 187 Å². The average Bonchev–Trinajstić information content (AvgIpc) is 2.72. The molecule has 0 heterocycles. The Kier molecular flexibility index (Phi) is 11.0. The lowest BCUT2D eigenvalue weighted by molar-refractivity contribution is -0.143. The highest BCUT2D eigenvalue weighted by Gasteiger charge is 2.25. The Morgan fingerprint density at radius 3 is 2.03 bits per heavy atom. The van der Waals surface area contributed by atoms with Gasteiger partial charge in [-0.15, -0.1) is 0 Å². The number of rotatable bonds is 11. The molecule has 0 saturated heterocycles. The van der Waals surface area contributed by atoms with Gasteiger partial charge in [0.1, 0.15) is 24.3 Å². The quantitative estimate of drug-likeness (QED) is 0.264. The SMILES string of the molecule is COC(=O)[C@H](CCCC[C@@H](NC(=O)OCc1ccccc1)C(=O)O)NC(=O)OC(C)(C)C. The summed E-state index contributed by atoms with van der Waals surface area (Å²) in [7, 11) is 1.21. The van der Waals surface area contributed by atoms with Gasteiger partial charge in [0.05, 0.1) is 7.11 Å². The first-order chi connectivity index (χ1) is 15.0. The largest absolute Gasteiger partial charge is 0.480 e. The summed E-state index contributed by atoms with van der Waals surface area (Å²) in [5, 5.41) is 14.1. The Bertz CT molecular complexity index is 761. The van der Waals surface area contributed by atoms with Gasteiger partial charge in [0.2, 0.25) is 0 Å². The number of carbonyl (C=O) groups is 4. The third-order valence-electron chi connectivity index (χ3n) is 4.22. The van der Waals surface area contributed by atoms with Gasteiger partial charge in [-0.25, -0.2) is 19.2 Å². The molecule has 0 aromatic heterocycles. The van der Waals surface area contributed by atoms with E-state index in [0.29, 0.717) is 12.8 Å². The molecule has 2 atom stereocenters. The molecule has 1 rings (SSSR count). The van der Waals surface area contributed by atoms with E-state index in [0.717, 1.165) is 5.56 Å². The second kappa shape index (κ2) is 13.2. The number of alkyl carbamates (subject to hydrolysis) is 2. The standard InChI is InChI=1S/C22H32N2O8/c1-22(2,3)32-21(29)24-17(19(27)30-4)13-9-8-12-16(18(25)26)23-20(28)31-14-15-10-6-5-7-11-15/h5-7,10-11,16-17H,8-9,12-14H2,1-4H3,(H,23,28)(H,24,29)(H,25,26)/t16-,17+/m1/s1. The van der Waals surface area contributed by atoms with Crippen molar-refractivity contribution in [2.75, 3.05) is 7.11 Å². The Hall–Kier alpha value is -3.30. The molecule has 0 bridgehead atoms. The molecule has 32 heavy (non-hydrogen) atoms. The van der Waals surface area contributed by atoms with Crippen LogP contribution in [0.2, 0.25) is 0 Å². The zero-order valence-corrected chi connectivity index (χ0v) is 18.9. The third kappa shape index (κ3) is 11.2. The molecule has 0 spiro atoms. The number of benzene rings is 1. The summed E-state index contributed by atoms with van der Waals surface area (Å²) in [5.41, 5.74) is 0.0566. The lowest BCUT2D eigenvalue weighted by Gasteiger charge is -2.22. The van der Waals surface area contributed by atoms with Gasteiger partial charge in [-0.2, -0.15) is 0 Å². The predicted molar refractivity (Wildman–Crippen MR) is 115 cm³/mol. The normalized spacial score (nSPS) is 12.8. The Balaban J connectivity index is 2.47. The van der Waals surface area contributed by atoms with Crippen LogP contribution in [-0.4, -0.2) is 54.0 Å². The van der Waals surface area contributed by atoms with Gasteiger partial charge in [-0.05, 0) is 39.2 Å². The number of carbonyl (C=O) groups excluding carboxylic acids is 3. The number of esters is 1. The average molecular weight is 453 g/mol. The minimum Gasteiger partial charge on any atom is -0.480 e. The highest BCUT2D eigenvalue weighted by Crippen LogP contribution is 2.11. The van der Waals surface area contributed by atoms with E-state index in [4.69, 9.17) is 14.2 Å². The van der Waals surface area contributed by atoms with E-state index in [1.807, 2.05) is 6.07 Å². The summed E-state index contributed by atoms with van der Waals surface area (Å²) in [4.78, 5) is 47.2. The van der Waals surface area contributed by atoms with Crippen molar-refractivity contribution in [2.24, 2.45) is 0 Å². The van der Waals surface area contributed by atoms with Crippen LogP contribution >= 0.6 is 0 Å². The number of unbranched alkanes of at least 4 members (excludes halogenated alkanes) is 1. The summed E-state index contributed by atoms with van der Waals surface area (Å²) >= 11 is 0. The smallest absolute Gasteiger partial charge is 0.408 e. The van der Waals surface area contributed by atoms with E-state index in [1.54, 1.807) is 45.0 Å². The van der Waals surface area contributed by atoms with Crippen LogP contribution in [0, 0.1) is 0 Å². The van der Waals surface area contributed by atoms with Crippen LogP contribution in [0.5, 0.6) is 0 Å². The zero-order valence-electron chi connectivity index (χ0n) is 18.9. The van der Waals surface area contributed by atoms with Crippen LogP contribution in [0.4, 0.5) is 9.59 Å². The molecule has 0 unspecified atom stereocenters. The van der Waals surface area contributed by atoms with Crippen molar-refractivity contribution in [1.29, 1.82) is 0 Å². The van der Waals surface area contributed by atoms with Crippen LogP contribution in [0.25, 0.3) is 0 Å². The van der Waals surface area contributed by atoms with Crippen molar-refractivity contribution >= 4 is 24.1 Å². The van der Waals surface area contributed by atoms with Crippen LogP contribution in [0.1, 0.15) is 52.0 Å². The molecule has 0 aliphatic heterocycles. The van der Waals surface area contributed by atoms with Crippen molar-refractivity contribution < 1.29 is 38.5 Å². The fourth-order valence-corrected chi connectivity index (χ4v) is 2.70. The summed E-state index contributed by atoms with van der Waals surface area (Å²) in [6, 6.07) is 6.93. The molecule has 10 heteroatoms. The van der Waals surface area contributed by atoms with Gasteiger partial charge in [-0.1, -0.05) is 43.2 Å². The van der Waals surface area contributed by atoms with Crippen LogP contribution in [0.3, 0.4) is 0 Å². The van der Waals surface area contributed by atoms with Crippen molar-refractivity contribution in [1.82, 2.24) is 10.6 Å². The highest BCUT2D eigenvalue weighted by molar-refractivity contribution is 5.81. The van der Waals surface area contributed by atoms with E-state index >= 15 is 0 Å². The molecule has 2 amide bonds. The number of aliphatic carboxylic acids is 1. The number of hydrogen-bond donors (Lipinski definition) is 3. The summed E-state index contributed by atoms with van der Waals surface area (Å²) in [6.45, 7) is 5.12. The second-order valence-electron chi connectivity index (χ2n) is 8.10. The first kappa shape index (κ1) is 26.7. The van der Waals surface area contributed by atoms with E-state index < -0.39 is 41.8 Å². The van der Waals surface area contributed by atoms with Gasteiger partial charge in [0, 0.05) is 0 Å². The molecule has 0 aliphatic carbocycles. The van der Waals surface area contributed by atoms with Gasteiger partial charge < -0.3 is 30.0 Å². The molecule has 178 valence electrons. The van der Waals surface area contributed by atoms with Crippen molar-refractivity contribution in [3.8, 4) is 0 Å². The molecule has 0 saturated carbocycles. The van der Waals surface area contributed by atoms with E-state index in [2.05, 4.69) is 10.6 Å². The van der Waals surface area contributed by atoms with Gasteiger partial charge in [0.25, 0.3) is 0 Å². The third-order valence-corrected chi connectivity index (χ3v) is 4.22. The molecule has 1 aromatic rings. The van der Waals surface area contributed by atoms with Crippen LogP contribution in [-0.2, 0) is 30.4 Å². The molecule has 3 N–H and O–H groups in total. The molecule has 0 fully saturated rings. The van der Waals surface area contributed by atoms with Crippen molar-refractivity contribution in [3.05, 3.63) is 35.9 Å². The first-order valence-electron chi connectivity index (χ1n) is 10.3. The maximum absolute atomic E-state index is 11.9. The number of methoxy groups -OCH3 is 1. The first-order valence-corrected chi connectivity index (χ1v) is 10.3. The van der Waals surface area contributed by atoms with Gasteiger partial charge in [0.15, 0.2) is 0 Å². The fourth-order valence-electron chi connectivity index (χ4n) is 2.70. The second-order valence-corrected chi connectivity index (χ2v) is 8.10. The zero-order chi connectivity index (χ0) is 24.1. The molecular weight excluding hydrogens is 420 g/mol. The van der Waals surface area contributed by atoms with Crippen LogP contribution < -0.4 is 10.6 Å². The number of carboxylic acids is 1. The van der Waals surface area contributed by atoms with Crippen molar-refractivity contribution in [2.45, 2.75) is 70.7 Å². The maximum atomic E-state index is 11.9. The molecule has 1 aromatic carbocycles.